The van der Waals surface area contributed by atoms with Crippen LogP contribution in [0, 0.1) is 12.7 Å². The lowest BCUT2D eigenvalue weighted by Gasteiger charge is -2.05. The molecule has 0 spiro atoms. The summed E-state index contributed by atoms with van der Waals surface area (Å²) in [4.78, 5) is 19.7. The number of fused-ring (bicyclic) bond motifs is 3. The van der Waals surface area contributed by atoms with Gasteiger partial charge in [0.1, 0.15) is 16.4 Å². The van der Waals surface area contributed by atoms with Crippen molar-refractivity contribution in [3.8, 4) is 17.0 Å². The fraction of sp³-hybridized carbons (Fsp3) is 0.0588. The molecule has 0 amide bonds. The predicted molar refractivity (Wildman–Crippen MR) is 89.5 cm³/mol. The molecule has 0 atom stereocenters. The zero-order valence-corrected chi connectivity index (χ0v) is 12.9. The van der Waals surface area contributed by atoms with Crippen molar-refractivity contribution in [2.24, 2.45) is 0 Å². The van der Waals surface area contributed by atoms with Gasteiger partial charge in [-0.05, 0) is 42.8 Å². The Morgan fingerprint density at radius 3 is 2.70 bits per heavy atom. The Morgan fingerprint density at radius 2 is 1.96 bits per heavy atom. The van der Waals surface area contributed by atoms with Crippen LogP contribution in [0.3, 0.4) is 0 Å². The number of aromatic nitrogens is 2. The molecule has 3 heterocycles. The minimum absolute atomic E-state index is 0.0484. The van der Waals surface area contributed by atoms with E-state index in [1.807, 2.05) is 13.0 Å². The number of H-pyrrole nitrogens is 1. The summed E-state index contributed by atoms with van der Waals surface area (Å²) in [7, 11) is 0. The molecule has 0 radical (unpaired) electrons. The molecule has 4 nitrogen and oxygen atoms in total. The fourth-order valence-electron chi connectivity index (χ4n) is 2.68. The van der Waals surface area contributed by atoms with E-state index in [0.29, 0.717) is 15.0 Å². The second kappa shape index (κ2) is 4.89. The Balaban J connectivity index is 2.04. The highest BCUT2D eigenvalue weighted by Gasteiger charge is 2.14. The number of aromatic amines is 1. The Kier molecular flexibility index (Phi) is 2.96. The first-order valence-electron chi connectivity index (χ1n) is 6.95. The molecule has 4 rings (SSSR count). The van der Waals surface area contributed by atoms with Crippen LogP contribution in [0.25, 0.3) is 31.7 Å². The van der Waals surface area contributed by atoms with Crippen LogP contribution < -0.4 is 5.56 Å². The molecule has 0 bridgehead atoms. The Labute approximate surface area is 133 Å². The number of hydrogen-bond acceptors (Lipinski definition) is 4. The Morgan fingerprint density at radius 1 is 1.22 bits per heavy atom. The lowest BCUT2D eigenvalue weighted by Crippen LogP contribution is -2.01. The SMILES string of the molecule is Cc1cc2c(nc1-c1ccc(F)cc1)sc1c(O)cc(=O)[nH]c12. The summed E-state index contributed by atoms with van der Waals surface area (Å²) in [6, 6.07) is 9.25. The van der Waals surface area contributed by atoms with Crippen molar-refractivity contribution in [2.45, 2.75) is 6.92 Å². The topological polar surface area (TPSA) is 66.0 Å². The van der Waals surface area contributed by atoms with Gasteiger partial charge in [-0.2, -0.15) is 0 Å². The fourth-order valence-corrected chi connectivity index (χ4v) is 3.70. The standard InChI is InChI=1S/C17H11FN2O2S/c1-8-6-11-15-16(12(21)7-13(22)19-15)23-17(11)20-14(8)9-2-4-10(18)5-3-9/h2-7H,1H3,(H2,19,21,22). The average molecular weight is 326 g/mol. The first-order chi connectivity index (χ1) is 11.0. The molecule has 0 unspecified atom stereocenters. The van der Waals surface area contributed by atoms with Gasteiger partial charge < -0.3 is 10.1 Å². The molecule has 0 fully saturated rings. The lowest BCUT2D eigenvalue weighted by atomic mass is 10.1. The van der Waals surface area contributed by atoms with Crippen LogP contribution >= 0.6 is 11.3 Å². The Bertz CT molecular complexity index is 1110. The van der Waals surface area contributed by atoms with E-state index in [1.54, 1.807) is 12.1 Å². The summed E-state index contributed by atoms with van der Waals surface area (Å²) in [5, 5.41) is 10.8. The monoisotopic (exact) mass is 326 g/mol. The normalized spacial score (nSPS) is 11.4. The van der Waals surface area contributed by atoms with E-state index >= 15 is 0 Å². The molecular formula is C17H11FN2O2S. The summed E-state index contributed by atoms with van der Waals surface area (Å²) < 4.78 is 13.7. The summed E-state index contributed by atoms with van der Waals surface area (Å²) in [5.41, 5.74) is 2.73. The maximum Gasteiger partial charge on any atom is 0.252 e. The molecule has 1 aromatic carbocycles. The number of nitrogens with zero attached hydrogens (tertiary/aromatic N) is 1. The molecule has 0 aliphatic carbocycles. The van der Waals surface area contributed by atoms with E-state index < -0.39 is 0 Å². The maximum atomic E-state index is 13.1. The molecule has 4 aromatic rings. The number of aryl methyl sites for hydroxylation is 1. The van der Waals surface area contributed by atoms with Crippen LogP contribution in [0.4, 0.5) is 4.39 Å². The number of pyridine rings is 2. The van der Waals surface area contributed by atoms with Crippen molar-refractivity contribution >= 4 is 31.8 Å². The molecular weight excluding hydrogens is 315 g/mol. The van der Waals surface area contributed by atoms with Crippen molar-refractivity contribution in [3.63, 3.8) is 0 Å². The highest BCUT2D eigenvalue weighted by Crippen LogP contribution is 2.37. The molecule has 0 saturated heterocycles. The van der Waals surface area contributed by atoms with E-state index in [-0.39, 0.29) is 17.1 Å². The summed E-state index contributed by atoms with van der Waals surface area (Å²) in [6.45, 7) is 1.91. The predicted octanol–water partition coefficient (Wildman–Crippen LogP) is 3.96. The molecule has 3 aromatic heterocycles. The number of nitrogens with one attached hydrogen (secondary N) is 1. The van der Waals surface area contributed by atoms with Gasteiger partial charge in [0.25, 0.3) is 5.56 Å². The second-order valence-electron chi connectivity index (χ2n) is 5.34. The average Bonchev–Trinajstić information content (AvgIpc) is 2.86. The van der Waals surface area contributed by atoms with Crippen molar-refractivity contribution in [1.29, 1.82) is 0 Å². The third-order valence-corrected chi connectivity index (χ3v) is 4.86. The number of thiophene rings is 1. The van der Waals surface area contributed by atoms with Gasteiger partial charge in [-0.3, -0.25) is 4.79 Å². The van der Waals surface area contributed by atoms with Gasteiger partial charge in [0.15, 0.2) is 0 Å². The van der Waals surface area contributed by atoms with Gasteiger partial charge >= 0.3 is 0 Å². The number of halogens is 1. The molecule has 0 aliphatic rings. The van der Waals surface area contributed by atoms with Crippen LogP contribution in [0.15, 0.2) is 41.2 Å². The molecule has 114 valence electrons. The van der Waals surface area contributed by atoms with Crippen molar-refractivity contribution in [3.05, 3.63) is 58.1 Å². The third-order valence-electron chi connectivity index (χ3n) is 3.74. The van der Waals surface area contributed by atoms with Gasteiger partial charge in [-0.1, -0.05) is 0 Å². The highest BCUT2D eigenvalue weighted by molar-refractivity contribution is 7.25. The van der Waals surface area contributed by atoms with Crippen LogP contribution in [0.2, 0.25) is 0 Å². The van der Waals surface area contributed by atoms with E-state index in [2.05, 4.69) is 9.97 Å². The van der Waals surface area contributed by atoms with Crippen LogP contribution in [-0.2, 0) is 0 Å². The first kappa shape index (κ1) is 13.9. The first-order valence-corrected chi connectivity index (χ1v) is 7.76. The summed E-state index contributed by atoms with van der Waals surface area (Å²) >= 11 is 1.31. The number of hydrogen-bond donors (Lipinski definition) is 2. The maximum absolute atomic E-state index is 13.1. The van der Waals surface area contributed by atoms with Gasteiger partial charge in [-0.25, -0.2) is 9.37 Å². The largest absolute Gasteiger partial charge is 0.506 e. The zero-order chi connectivity index (χ0) is 16.1. The third kappa shape index (κ3) is 2.19. The zero-order valence-electron chi connectivity index (χ0n) is 12.1. The minimum Gasteiger partial charge on any atom is -0.506 e. The van der Waals surface area contributed by atoms with Gasteiger partial charge in [0, 0.05) is 17.0 Å². The summed E-state index contributed by atoms with van der Waals surface area (Å²) in [5.74, 6) is -0.343. The number of benzene rings is 1. The second-order valence-corrected chi connectivity index (χ2v) is 6.34. The molecule has 23 heavy (non-hydrogen) atoms. The van der Waals surface area contributed by atoms with E-state index in [1.165, 1.54) is 23.5 Å². The van der Waals surface area contributed by atoms with Crippen molar-refractivity contribution < 1.29 is 9.50 Å². The van der Waals surface area contributed by atoms with E-state index in [9.17, 15) is 14.3 Å². The van der Waals surface area contributed by atoms with E-state index in [4.69, 9.17) is 0 Å². The van der Waals surface area contributed by atoms with Gasteiger partial charge in [0.2, 0.25) is 0 Å². The van der Waals surface area contributed by atoms with Gasteiger partial charge in [0.05, 0.1) is 15.9 Å². The molecule has 0 aliphatic heterocycles. The smallest absolute Gasteiger partial charge is 0.252 e. The van der Waals surface area contributed by atoms with Crippen LogP contribution in [-0.4, -0.2) is 15.1 Å². The number of aromatic hydroxyl groups is 1. The van der Waals surface area contributed by atoms with E-state index in [0.717, 1.165) is 28.3 Å². The minimum atomic E-state index is -0.352. The molecule has 2 N–H and O–H groups in total. The molecule has 0 saturated carbocycles. The van der Waals surface area contributed by atoms with Crippen LogP contribution in [0.1, 0.15) is 5.56 Å². The number of rotatable bonds is 1. The van der Waals surface area contributed by atoms with Crippen molar-refractivity contribution in [1.82, 2.24) is 9.97 Å². The van der Waals surface area contributed by atoms with Crippen LogP contribution in [0.5, 0.6) is 5.75 Å². The summed E-state index contributed by atoms with van der Waals surface area (Å²) in [6.07, 6.45) is 0. The lowest BCUT2D eigenvalue weighted by molar-refractivity contribution is 0.481. The quantitative estimate of drug-likeness (QED) is 0.556. The van der Waals surface area contributed by atoms with Gasteiger partial charge in [-0.15, -0.1) is 11.3 Å². The highest BCUT2D eigenvalue weighted by atomic mass is 32.1. The Hall–Kier alpha value is -2.73. The van der Waals surface area contributed by atoms with Crippen molar-refractivity contribution in [2.75, 3.05) is 0 Å². The molecule has 6 heteroatoms.